The summed E-state index contributed by atoms with van der Waals surface area (Å²) in [4.78, 5) is 24.2. The SMILES string of the molecule is CCC(C)NC(=O)c1ccc(C(=O)NCc2ccc(Cl)cc2)cc1. The first-order valence-electron chi connectivity index (χ1n) is 7.93. The molecule has 0 spiro atoms. The maximum atomic E-state index is 12.2. The number of benzene rings is 2. The molecule has 1 unspecified atom stereocenters. The summed E-state index contributed by atoms with van der Waals surface area (Å²) in [5, 5.41) is 6.40. The van der Waals surface area contributed by atoms with Gasteiger partial charge < -0.3 is 10.6 Å². The Balaban J connectivity index is 1.93. The molecule has 126 valence electrons. The van der Waals surface area contributed by atoms with E-state index >= 15 is 0 Å². The van der Waals surface area contributed by atoms with Crippen LogP contribution in [0.2, 0.25) is 5.02 Å². The van der Waals surface area contributed by atoms with E-state index in [1.54, 1.807) is 36.4 Å². The summed E-state index contributed by atoms with van der Waals surface area (Å²) in [6.45, 7) is 4.39. The zero-order chi connectivity index (χ0) is 17.5. The summed E-state index contributed by atoms with van der Waals surface area (Å²) in [6, 6.07) is 14.1. The second-order valence-corrected chi connectivity index (χ2v) is 6.11. The van der Waals surface area contributed by atoms with Gasteiger partial charge in [0.2, 0.25) is 0 Å². The molecule has 0 aliphatic heterocycles. The highest BCUT2D eigenvalue weighted by atomic mass is 35.5. The molecule has 2 rings (SSSR count). The van der Waals surface area contributed by atoms with Gasteiger partial charge in [0, 0.05) is 28.7 Å². The zero-order valence-corrected chi connectivity index (χ0v) is 14.6. The van der Waals surface area contributed by atoms with Crippen molar-refractivity contribution in [3.05, 3.63) is 70.2 Å². The molecule has 2 amide bonds. The number of amides is 2. The van der Waals surface area contributed by atoms with E-state index < -0.39 is 0 Å². The summed E-state index contributed by atoms with van der Waals surface area (Å²) in [5.74, 6) is -0.309. The maximum absolute atomic E-state index is 12.2. The fourth-order valence-corrected chi connectivity index (χ4v) is 2.19. The minimum absolute atomic E-state index is 0.125. The molecule has 4 nitrogen and oxygen atoms in total. The normalized spacial score (nSPS) is 11.6. The largest absolute Gasteiger partial charge is 0.350 e. The second-order valence-electron chi connectivity index (χ2n) is 5.67. The summed E-state index contributed by atoms with van der Waals surface area (Å²) in [6.07, 6.45) is 0.872. The third-order valence-electron chi connectivity index (χ3n) is 3.77. The van der Waals surface area contributed by atoms with Crippen molar-refractivity contribution in [2.75, 3.05) is 0 Å². The molecule has 0 fully saturated rings. The van der Waals surface area contributed by atoms with Crippen LogP contribution in [0.1, 0.15) is 46.5 Å². The number of halogens is 1. The third kappa shape index (κ3) is 5.10. The van der Waals surface area contributed by atoms with Gasteiger partial charge >= 0.3 is 0 Å². The average molecular weight is 345 g/mol. The highest BCUT2D eigenvalue weighted by molar-refractivity contribution is 6.30. The molecule has 2 aromatic rings. The Morgan fingerprint density at radius 1 is 0.958 bits per heavy atom. The van der Waals surface area contributed by atoms with Crippen LogP contribution in [0.3, 0.4) is 0 Å². The fraction of sp³-hybridized carbons (Fsp3) is 0.263. The number of carbonyl (C=O) groups excluding carboxylic acids is 2. The van der Waals surface area contributed by atoms with Crippen molar-refractivity contribution in [3.63, 3.8) is 0 Å². The molecule has 24 heavy (non-hydrogen) atoms. The number of hydrogen-bond acceptors (Lipinski definition) is 2. The first-order chi connectivity index (χ1) is 11.5. The first-order valence-corrected chi connectivity index (χ1v) is 8.31. The standard InChI is InChI=1S/C19H21ClN2O2/c1-3-13(2)22-19(24)16-8-6-15(7-9-16)18(23)21-12-14-4-10-17(20)11-5-14/h4-11,13H,3,12H2,1-2H3,(H,21,23)(H,22,24). The molecule has 0 bridgehead atoms. The zero-order valence-electron chi connectivity index (χ0n) is 13.8. The lowest BCUT2D eigenvalue weighted by Crippen LogP contribution is -2.32. The van der Waals surface area contributed by atoms with Gasteiger partial charge in [-0.05, 0) is 55.3 Å². The van der Waals surface area contributed by atoms with Crippen molar-refractivity contribution in [3.8, 4) is 0 Å². The van der Waals surface area contributed by atoms with Crippen LogP contribution >= 0.6 is 11.6 Å². The Labute approximate surface area is 147 Å². The Kier molecular flexibility index (Phi) is 6.38. The lowest BCUT2D eigenvalue weighted by molar-refractivity contribution is 0.0931. The maximum Gasteiger partial charge on any atom is 0.251 e. The number of carbonyl (C=O) groups is 2. The Morgan fingerprint density at radius 3 is 2.04 bits per heavy atom. The first kappa shape index (κ1) is 18.0. The van der Waals surface area contributed by atoms with Crippen LogP contribution in [0, 0.1) is 0 Å². The number of rotatable bonds is 6. The van der Waals surface area contributed by atoms with Crippen molar-refractivity contribution in [2.24, 2.45) is 0 Å². The van der Waals surface area contributed by atoms with Crippen molar-refractivity contribution in [2.45, 2.75) is 32.9 Å². The van der Waals surface area contributed by atoms with Crippen molar-refractivity contribution < 1.29 is 9.59 Å². The van der Waals surface area contributed by atoms with E-state index in [9.17, 15) is 9.59 Å². The quantitative estimate of drug-likeness (QED) is 0.837. The van der Waals surface area contributed by atoms with Gasteiger partial charge in [-0.2, -0.15) is 0 Å². The van der Waals surface area contributed by atoms with E-state index in [1.165, 1.54) is 0 Å². The van der Waals surface area contributed by atoms with E-state index in [-0.39, 0.29) is 17.9 Å². The number of nitrogens with one attached hydrogen (secondary N) is 2. The van der Waals surface area contributed by atoms with Crippen LogP contribution in [-0.4, -0.2) is 17.9 Å². The topological polar surface area (TPSA) is 58.2 Å². The summed E-state index contributed by atoms with van der Waals surface area (Å²) in [5.41, 5.74) is 2.03. The molecule has 0 heterocycles. The lowest BCUT2D eigenvalue weighted by Gasteiger charge is -2.11. The van der Waals surface area contributed by atoms with Crippen LogP contribution in [0.4, 0.5) is 0 Å². The second kappa shape index (κ2) is 8.50. The average Bonchev–Trinajstić information content (AvgIpc) is 2.61. The van der Waals surface area contributed by atoms with Gasteiger partial charge in [-0.15, -0.1) is 0 Å². The van der Waals surface area contributed by atoms with E-state index in [4.69, 9.17) is 11.6 Å². The molecule has 5 heteroatoms. The van der Waals surface area contributed by atoms with Crippen molar-refractivity contribution >= 4 is 23.4 Å². The molecule has 2 aromatic carbocycles. The molecule has 0 saturated heterocycles. The minimum Gasteiger partial charge on any atom is -0.350 e. The van der Waals surface area contributed by atoms with Gasteiger partial charge in [-0.1, -0.05) is 30.7 Å². The molecule has 0 aliphatic rings. The van der Waals surface area contributed by atoms with Crippen LogP contribution in [-0.2, 0) is 6.54 Å². The summed E-state index contributed by atoms with van der Waals surface area (Å²) < 4.78 is 0. The Hall–Kier alpha value is -2.33. The predicted octanol–water partition coefficient (Wildman–Crippen LogP) is 3.80. The molecule has 0 aliphatic carbocycles. The van der Waals surface area contributed by atoms with E-state index in [1.807, 2.05) is 26.0 Å². The van der Waals surface area contributed by atoms with Crippen LogP contribution in [0.15, 0.2) is 48.5 Å². The number of hydrogen-bond donors (Lipinski definition) is 2. The van der Waals surface area contributed by atoms with Gasteiger partial charge in [0.1, 0.15) is 0 Å². The van der Waals surface area contributed by atoms with Crippen molar-refractivity contribution in [1.29, 1.82) is 0 Å². The highest BCUT2D eigenvalue weighted by Crippen LogP contribution is 2.10. The molecule has 2 N–H and O–H groups in total. The van der Waals surface area contributed by atoms with E-state index in [2.05, 4.69) is 10.6 Å². The minimum atomic E-state index is -0.182. The summed E-state index contributed by atoms with van der Waals surface area (Å²) >= 11 is 5.83. The van der Waals surface area contributed by atoms with E-state index in [0.717, 1.165) is 12.0 Å². The van der Waals surface area contributed by atoms with E-state index in [0.29, 0.717) is 22.7 Å². The van der Waals surface area contributed by atoms with Gasteiger partial charge in [-0.3, -0.25) is 9.59 Å². The molecular formula is C19H21ClN2O2. The molecule has 0 radical (unpaired) electrons. The Bertz CT molecular complexity index is 696. The van der Waals surface area contributed by atoms with Gasteiger partial charge in [-0.25, -0.2) is 0 Å². The summed E-state index contributed by atoms with van der Waals surface area (Å²) in [7, 11) is 0. The van der Waals surface area contributed by atoms with Gasteiger partial charge in [0.25, 0.3) is 11.8 Å². The van der Waals surface area contributed by atoms with Gasteiger partial charge in [0.15, 0.2) is 0 Å². The molecule has 0 saturated carbocycles. The van der Waals surface area contributed by atoms with Crippen molar-refractivity contribution in [1.82, 2.24) is 10.6 Å². The predicted molar refractivity (Wildman–Crippen MR) is 96.3 cm³/mol. The molecular weight excluding hydrogens is 324 g/mol. The highest BCUT2D eigenvalue weighted by Gasteiger charge is 2.10. The molecule has 1 atom stereocenters. The smallest absolute Gasteiger partial charge is 0.251 e. The third-order valence-corrected chi connectivity index (χ3v) is 4.02. The van der Waals surface area contributed by atoms with Crippen LogP contribution in [0.5, 0.6) is 0 Å². The fourth-order valence-electron chi connectivity index (χ4n) is 2.07. The molecule has 0 aromatic heterocycles. The Morgan fingerprint density at radius 2 is 1.50 bits per heavy atom. The monoisotopic (exact) mass is 344 g/mol. The van der Waals surface area contributed by atoms with Crippen LogP contribution in [0.25, 0.3) is 0 Å². The van der Waals surface area contributed by atoms with Gasteiger partial charge in [0.05, 0.1) is 0 Å². The van der Waals surface area contributed by atoms with Crippen LogP contribution < -0.4 is 10.6 Å². The lowest BCUT2D eigenvalue weighted by atomic mass is 10.1.